The molecule has 0 heterocycles. The molecule has 4 rings (SSSR count). The Morgan fingerprint density at radius 2 is 1.93 bits per heavy atom. The van der Waals surface area contributed by atoms with Gasteiger partial charge in [-0.05, 0) is 78.5 Å². The number of aliphatic hydroxyl groups is 2. The second-order valence-electron chi connectivity index (χ2n) is 9.59. The molecule has 3 aliphatic carbocycles. The summed E-state index contributed by atoms with van der Waals surface area (Å²) in [5.41, 5.74) is 1.72. The third-order valence-corrected chi connectivity index (χ3v) is 7.89. The third-order valence-electron chi connectivity index (χ3n) is 7.89. The lowest BCUT2D eigenvalue weighted by molar-refractivity contribution is -0.137. The summed E-state index contributed by atoms with van der Waals surface area (Å²) in [7, 11) is 0. The predicted octanol–water partition coefficient (Wildman–Crippen LogP) is 2.45. The smallest absolute Gasteiger partial charge is 0.303 e. The zero-order chi connectivity index (χ0) is 21.6. The molecule has 0 bridgehead atoms. The van der Waals surface area contributed by atoms with Crippen LogP contribution in [0.2, 0.25) is 0 Å². The first-order chi connectivity index (χ1) is 14.2. The van der Waals surface area contributed by atoms with Gasteiger partial charge in [0.05, 0.1) is 18.2 Å². The quantitative estimate of drug-likeness (QED) is 0.501. The average Bonchev–Trinajstić information content (AvgIpc) is 2.92. The monoisotopic (exact) mass is 417 g/mol. The van der Waals surface area contributed by atoms with Crippen molar-refractivity contribution >= 4 is 11.9 Å². The van der Waals surface area contributed by atoms with Gasteiger partial charge in [-0.2, -0.15) is 0 Å². The van der Waals surface area contributed by atoms with Gasteiger partial charge in [-0.25, -0.2) is 0 Å². The molecule has 7 atom stereocenters. The van der Waals surface area contributed by atoms with Crippen LogP contribution in [-0.2, 0) is 9.59 Å². The van der Waals surface area contributed by atoms with Crippen LogP contribution in [0.4, 0.5) is 0 Å². The lowest BCUT2D eigenvalue weighted by atomic mass is 9.54. The summed E-state index contributed by atoms with van der Waals surface area (Å²) in [6, 6.07) is 5.07. The van der Waals surface area contributed by atoms with Crippen LogP contribution in [0.25, 0.3) is 0 Å². The van der Waals surface area contributed by atoms with Crippen LogP contribution in [0.5, 0.6) is 5.75 Å². The van der Waals surface area contributed by atoms with Gasteiger partial charge in [0.15, 0.2) is 0 Å². The van der Waals surface area contributed by atoms with E-state index in [4.69, 9.17) is 5.11 Å². The summed E-state index contributed by atoms with van der Waals surface area (Å²) in [4.78, 5) is 23.2. The van der Waals surface area contributed by atoms with E-state index in [1.54, 1.807) is 12.1 Å². The van der Waals surface area contributed by atoms with E-state index in [-0.39, 0.29) is 60.1 Å². The van der Waals surface area contributed by atoms with Crippen molar-refractivity contribution in [3.8, 4) is 5.75 Å². The highest BCUT2D eigenvalue weighted by Crippen LogP contribution is 2.62. The number of carboxylic acids is 1. The van der Waals surface area contributed by atoms with Gasteiger partial charge < -0.3 is 25.7 Å². The van der Waals surface area contributed by atoms with E-state index in [0.29, 0.717) is 12.8 Å². The van der Waals surface area contributed by atoms with Gasteiger partial charge in [-0.1, -0.05) is 13.0 Å². The Hall–Kier alpha value is -2.12. The fourth-order valence-electron chi connectivity index (χ4n) is 6.39. The number of carbonyl (C=O) groups is 2. The van der Waals surface area contributed by atoms with Crippen LogP contribution >= 0.6 is 0 Å². The van der Waals surface area contributed by atoms with Gasteiger partial charge in [0.1, 0.15) is 5.75 Å². The molecule has 7 nitrogen and oxygen atoms in total. The molecule has 5 N–H and O–H groups in total. The van der Waals surface area contributed by atoms with Crippen molar-refractivity contribution in [1.82, 2.24) is 5.32 Å². The number of hydrogen-bond donors (Lipinski definition) is 5. The summed E-state index contributed by atoms with van der Waals surface area (Å²) >= 11 is 0. The second-order valence-corrected chi connectivity index (χ2v) is 9.59. The van der Waals surface area contributed by atoms with Crippen molar-refractivity contribution < 1.29 is 30.0 Å². The van der Waals surface area contributed by atoms with Gasteiger partial charge in [0.2, 0.25) is 5.91 Å². The minimum atomic E-state index is -0.918. The van der Waals surface area contributed by atoms with E-state index in [1.165, 1.54) is 0 Å². The van der Waals surface area contributed by atoms with Crippen molar-refractivity contribution in [2.45, 2.75) is 76.0 Å². The maximum atomic E-state index is 12.5. The van der Waals surface area contributed by atoms with E-state index >= 15 is 0 Å². The van der Waals surface area contributed by atoms with Gasteiger partial charge in [0.25, 0.3) is 0 Å². The molecule has 2 fully saturated rings. The molecule has 0 saturated heterocycles. The van der Waals surface area contributed by atoms with Crippen LogP contribution in [0.1, 0.15) is 75.0 Å². The predicted molar refractivity (Wildman–Crippen MR) is 109 cm³/mol. The van der Waals surface area contributed by atoms with Crippen LogP contribution in [0.15, 0.2) is 18.2 Å². The van der Waals surface area contributed by atoms with E-state index in [1.807, 2.05) is 6.07 Å². The Morgan fingerprint density at radius 1 is 1.17 bits per heavy atom. The van der Waals surface area contributed by atoms with Crippen molar-refractivity contribution in [3.05, 3.63) is 29.3 Å². The molecule has 1 amide bonds. The first-order valence-electron chi connectivity index (χ1n) is 10.9. The molecule has 1 aromatic rings. The Bertz CT molecular complexity index is 841. The number of rotatable bonds is 5. The van der Waals surface area contributed by atoms with Gasteiger partial charge in [-0.3, -0.25) is 9.59 Å². The maximum Gasteiger partial charge on any atom is 0.303 e. The molecular formula is C23H31NO6. The van der Waals surface area contributed by atoms with Gasteiger partial charge in [-0.15, -0.1) is 0 Å². The minimum absolute atomic E-state index is 0.0453. The molecule has 0 radical (unpaired) electrons. The summed E-state index contributed by atoms with van der Waals surface area (Å²) in [6.45, 7) is 2.07. The molecule has 0 aromatic heterocycles. The summed E-state index contributed by atoms with van der Waals surface area (Å²) in [5, 5.41) is 42.9. The molecule has 0 unspecified atom stereocenters. The molecule has 0 spiro atoms. The molecule has 1 aromatic carbocycles. The highest BCUT2D eigenvalue weighted by molar-refractivity contribution is 5.77. The summed E-state index contributed by atoms with van der Waals surface area (Å²) in [5.74, 6) is -0.301. The first kappa shape index (κ1) is 21.1. The number of nitrogens with one attached hydrogen (secondary N) is 1. The SMILES string of the molecule is C[C@]12CC[C@@H]3c4ccc(O)cc4[C@H](NC(=O)CCCC(=O)O)C[C@H]3[C@@H]1C[C@@H](O)[C@@H]2O. The van der Waals surface area contributed by atoms with E-state index in [2.05, 4.69) is 12.2 Å². The number of carbonyl (C=O) groups excluding carboxylic acids is 1. The average molecular weight is 418 g/mol. The molecule has 164 valence electrons. The Labute approximate surface area is 176 Å². The number of aliphatic hydroxyl groups excluding tert-OH is 2. The Balaban J connectivity index is 1.60. The highest BCUT2D eigenvalue weighted by Gasteiger charge is 2.58. The zero-order valence-electron chi connectivity index (χ0n) is 17.3. The van der Waals surface area contributed by atoms with Crippen LogP contribution in [0.3, 0.4) is 0 Å². The number of carboxylic acid groups (broad SMARTS) is 1. The van der Waals surface area contributed by atoms with Crippen molar-refractivity contribution in [3.63, 3.8) is 0 Å². The topological polar surface area (TPSA) is 127 Å². The highest BCUT2D eigenvalue weighted by atomic mass is 16.4. The normalized spacial score (nSPS) is 37.0. The van der Waals surface area contributed by atoms with E-state index < -0.39 is 18.2 Å². The second kappa shape index (κ2) is 7.85. The number of phenolic OH excluding ortho intramolecular Hbond substituents is 1. The number of hydrogen-bond acceptors (Lipinski definition) is 5. The Morgan fingerprint density at radius 3 is 2.67 bits per heavy atom. The van der Waals surface area contributed by atoms with Crippen LogP contribution < -0.4 is 5.32 Å². The zero-order valence-corrected chi connectivity index (χ0v) is 17.3. The lowest BCUT2D eigenvalue weighted by Gasteiger charge is -2.51. The maximum absolute atomic E-state index is 12.5. The fourth-order valence-corrected chi connectivity index (χ4v) is 6.39. The lowest BCUT2D eigenvalue weighted by Crippen LogP contribution is -2.46. The number of benzene rings is 1. The van der Waals surface area contributed by atoms with Crippen molar-refractivity contribution in [1.29, 1.82) is 0 Å². The number of aromatic hydroxyl groups is 1. The minimum Gasteiger partial charge on any atom is -0.508 e. The summed E-state index contributed by atoms with van der Waals surface area (Å²) in [6.07, 6.45) is 1.92. The van der Waals surface area contributed by atoms with Crippen molar-refractivity contribution in [2.75, 3.05) is 0 Å². The molecule has 30 heavy (non-hydrogen) atoms. The van der Waals surface area contributed by atoms with E-state index in [9.17, 15) is 24.9 Å². The summed E-state index contributed by atoms with van der Waals surface area (Å²) < 4.78 is 0. The van der Waals surface area contributed by atoms with E-state index in [0.717, 1.165) is 24.0 Å². The van der Waals surface area contributed by atoms with Crippen LogP contribution in [-0.4, -0.2) is 44.5 Å². The Kier molecular flexibility index (Phi) is 5.53. The van der Waals surface area contributed by atoms with Crippen LogP contribution in [0, 0.1) is 17.3 Å². The van der Waals surface area contributed by atoms with Gasteiger partial charge >= 0.3 is 5.97 Å². The fraction of sp³-hybridized carbons (Fsp3) is 0.652. The van der Waals surface area contributed by atoms with Gasteiger partial charge in [0, 0.05) is 12.8 Å². The number of amides is 1. The standard InChI is InChI=1S/C23H31NO6/c1-23-8-7-14-13-6-5-12(25)9-16(13)18(24-20(27)3-2-4-21(28)29)10-15(14)17(23)11-19(26)22(23)30/h5-6,9,14-15,17-19,22,25-26,30H,2-4,7-8,10-11H2,1H3,(H,24,27)(H,28,29)/t14-,15-,17+,18-,19-,22+,23+/m1/s1. The molecule has 3 aliphatic rings. The molecule has 2 saturated carbocycles. The number of phenols is 1. The molecule has 0 aliphatic heterocycles. The molecule has 7 heteroatoms. The third kappa shape index (κ3) is 3.58. The molecular weight excluding hydrogens is 386 g/mol. The number of fused-ring (bicyclic) bond motifs is 5. The number of aliphatic carboxylic acids is 1. The first-order valence-corrected chi connectivity index (χ1v) is 10.9. The van der Waals surface area contributed by atoms with Crippen molar-refractivity contribution in [2.24, 2.45) is 17.3 Å². The largest absolute Gasteiger partial charge is 0.508 e.